The Bertz CT molecular complexity index is 322. The van der Waals surface area contributed by atoms with Crippen LogP contribution in [0.1, 0.15) is 24.8 Å². The van der Waals surface area contributed by atoms with Crippen LogP contribution < -0.4 is 5.32 Å². The summed E-state index contributed by atoms with van der Waals surface area (Å²) >= 11 is 0. The molecule has 0 aromatic heterocycles. The number of hydrogen-bond donors (Lipinski definition) is 2. The van der Waals surface area contributed by atoms with Gasteiger partial charge in [0.05, 0.1) is 0 Å². The molecular formula is C13H18N2. The smallest absolute Gasteiger partial charge is 0.0338 e. The van der Waals surface area contributed by atoms with E-state index in [1.165, 1.54) is 6.42 Å². The normalized spacial score (nSPS) is 13.3. The van der Waals surface area contributed by atoms with Crippen molar-refractivity contribution in [1.29, 1.82) is 5.41 Å². The fraction of sp³-hybridized carbons (Fsp3) is 0.308. The Morgan fingerprint density at radius 3 is 2.13 bits per heavy atom. The Morgan fingerprint density at radius 1 is 1.27 bits per heavy atom. The topological polar surface area (TPSA) is 35.9 Å². The standard InChI is InChI=1S/C9H11N.C4H7N/c1-8(10-2)9-6-4-3-5-7-9;5-4-2-1-3-4/h3-7,10H,1H2,2H3;5H,1-3H2. The molecule has 2 nitrogen and oxygen atoms in total. The first-order valence-electron chi connectivity index (χ1n) is 5.22. The molecule has 0 amide bonds. The van der Waals surface area contributed by atoms with E-state index >= 15 is 0 Å². The maximum Gasteiger partial charge on any atom is 0.0338 e. The molecule has 0 spiro atoms. The number of rotatable bonds is 2. The molecule has 0 unspecified atom stereocenters. The molecule has 1 aliphatic rings. The molecule has 1 aromatic rings. The molecule has 0 radical (unpaired) electrons. The van der Waals surface area contributed by atoms with E-state index < -0.39 is 0 Å². The highest BCUT2D eigenvalue weighted by atomic mass is 14.8. The molecule has 1 saturated carbocycles. The third-order valence-corrected chi connectivity index (χ3v) is 2.38. The summed E-state index contributed by atoms with van der Waals surface area (Å²) in [6.45, 7) is 3.83. The lowest BCUT2D eigenvalue weighted by Crippen LogP contribution is -2.06. The SMILES string of the molecule is C=C(NC)c1ccccc1.N=C1CCC1. The van der Waals surface area contributed by atoms with Crippen molar-refractivity contribution in [3.63, 3.8) is 0 Å². The zero-order chi connectivity index (χ0) is 11.1. The number of benzene rings is 1. The maximum atomic E-state index is 6.83. The Morgan fingerprint density at radius 2 is 1.80 bits per heavy atom. The lowest BCUT2D eigenvalue weighted by molar-refractivity contribution is 0.794. The number of nitrogens with one attached hydrogen (secondary N) is 2. The van der Waals surface area contributed by atoms with E-state index in [1.807, 2.05) is 37.4 Å². The zero-order valence-corrected chi connectivity index (χ0v) is 9.22. The van der Waals surface area contributed by atoms with Gasteiger partial charge in [-0.1, -0.05) is 36.9 Å². The van der Waals surface area contributed by atoms with Gasteiger partial charge in [0.15, 0.2) is 0 Å². The second-order valence-corrected chi connectivity index (χ2v) is 3.55. The summed E-state index contributed by atoms with van der Waals surface area (Å²) in [5, 5.41) is 9.82. The Hall–Kier alpha value is -1.57. The van der Waals surface area contributed by atoms with Crippen molar-refractivity contribution < 1.29 is 0 Å². The highest BCUT2D eigenvalue weighted by Crippen LogP contribution is 2.10. The molecule has 1 aromatic carbocycles. The van der Waals surface area contributed by atoms with Gasteiger partial charge in [-0.2, -0.15) is 0 Å². The monoisotopic (exact) mass is 202 g/mol. The van der Waals surface area contributed by atoms with Gasteiger partial charge >= 0.3 is 0 Å². The first kappa shape index (κ1) is 11.5. The fourth-order valence-electron chi connectivity index (χ4n) is 1.14. The van der Waals surface area contributed by atoms with Crippen molar-refractivity contribution in [3.05, 3.63) is 42.5 Å². The molecule has 80 valence electrons. The largest absolute Gasteiger partial charge is 0.388 e. The summed E-state index contributed by atoms with van der Waals surface area (Å²) in [7, 11) is 1.87. The average molecular weight is 202 g/mol. The van der Waals surface area contributed by atoms with E-state index in [1.54, 1.807) is 0 Å². The number of hydrogen-bond acceptors (Lipinski definition) is 2. The molecule has 2 rings (SSSR count). The van der Waals surface area contributed by atoms with E-state index in [0.717, 1.165) is 29.8 Å². The van der Waals surface area contributed by atoms with Gasteiger partial charge in [0, 0.05) is 18.5 Å². The lowest BCUT2D eigenvalue weighted by Gasteiger charge is -2.09. The van der Waals surface area contributed by atoms with E-state index in [2.05, 4.69) is 11.9 Å². The van der Waals surface area contributed by atoms with Crippen LogP contribution in [0.5, 0.6) is 0 Å². The Balaban J connectivity index is 0.000000187. The van der Waals surface area contributed by atoms with E-state index in [4.69, 9.17) is 5.41 Å². The minimum absolute atomic E-state index is 0.935. The Labute approximate surface area is 91.5 Å². The molecule has 0 saturated heterocycles. The highest BCUT2D eigenvalue weighted by molar-refractivity contribution is 5.86. The van der Waals surface area contributed by atoms with Crippen LogP contribution >= 0.6 is 0 Å². The zero-order valence-electron chi connectivity index (χ0n) is 9.22. The van der Waals surface area contributed by atoms with Crippen molar-refractivity contribution in [1.82, 2.24) is 5.32 Å². The van der Waals surface area contributed by atoms with Gasteiger partial charge in [-0.15, -0.1) is 0 Å². The van der Waals surface area contributed by atoms with Gasteiger partial charge in [0.25, 0.3) is 0 Å². The van der Waals surface area contributed by atoms with Crippen LogP contribution in [-0.2, 0) is 0 Å². The molecule has 1 aliphatic carbocycles. The van der Waals surface area contributed by atoms with Gasteiger partial charge in [0.1, 0.15) is 0 Å². The molecule has 0 atom stereocenters. The van der Waals surface area contributed by atoms with Crippen molar-refractivity contribution in [2.45, 2.75) is 19.3 Å². The molecule has 0 bridgehead atoms. The highest BCUT2D eigenvalue weighted by Gasteiger charge is 2.04. The van der Waals surface area contributed by atoms with E-state index in [-0.39, 0.29) is 0 Å². The van der Waals surface area contributed by atoms with Gasteiger partial charge in [0.2, 0.25) is 0 Å². The minimum Gasteiger partial charge on any atom is -0.388 e. The molecule has 2 heteroatoms. The third-order valence-electron chi connectivity index (χ3n) is 2.38. The first-order chi connectivity index (χ1) is 7.24. The fourth-order valence-corrected chi connectivity index (χ4v) is 1.14. The summed E-state index contributed by atoms with van der Waals surface area (Å²) < 4.78 is 0. The van der Waals surface area contributed by atoms with Gasteiger partial charge in [-0.05, 0) is 24.8 Å². The van der Waals surface area contributed by atoms with Crippen LogP contribution in [0.4, 0.5) is 0 Å². The molecular weight excluding hydrogens is 184 g/mol. The van der Waals surface area contributed by atoms with Crippen molar-refractivity contribution in [2.75, 3.05) is 7.05 Å². The maximum absolute atomic E-state index is 6.83. The third kappa shape index (κ3) is 3.98. The van der Waals surface area contributed by atoms with Gasteiger partial charge in [-0.3, -0.25) is 0 Å². The van der Waals surface area contributed by atoms with E-state index in [0.29, 0.717) is 0 Å². The van der Waals surface area contributed by atoms with Gasteiger partial charge < -0.3 is 10.7 Å². The first-order valence-corrected chi connectivity index (χ1v) is 5.22. The molecule has 0 aliphatic heterocycles. The Kier molecular flexibility index (Phi) is 4.61. The van der Waals surface area contributed by atoms with Crippen LogP contribution in [0.15, 0.2) is 36.9 Å². The average Bonchev–Trinajstić information content (AvgIpc) is 2.27. The molecule has 15 heavy (non-hydrogen) atoms. The predicted octanol–water partition coefficient (Wildman–Crippen LogP) is 3.07. The van der Waals surface area contributed by atoms with Crippen LogP contribution in [0.25, 0.3) is 5.70 Å². The second-order valence-electron chi connectivity index (χ2n) is 3.55. The molecule has 1 fully saturated rings. The summed E-state index contributed by atoms with van der Waals surface area (Å²) in [5.41, 5.74) is 3.04. The van der Waals surface area contributed by atoms with Crippen LogP contribution in [0.2, 0.25) is 0 Å². The van der Waals surface area contributed by atoms with Gasteiger partial charge in [-0.25, -0.2) is 0 Å². The van der Waals surface area contributed by atoms with Crippen molar-refractivity contribution in [2.24, 2.45) is 0 Å². The van der Waals surface area contributed by atoms with Crippen molar-refractivity contribution in [3.8, 4) is 0 Å². The summed E-state index contributed by atoms with van der Waals surface area (Å²) in [6.07, 6.45) is 3.40. The predicted molar refractivity (Wildman–Crippen MR) is 66.1 cm³/mol. The summed E-state index contributed by atoms with van der Waals surface area (Å²) in [5.74, 6) is 0. The summed E-state index contributed by atoms with van der Waals surface area (Å²) in [6, 6.07) is 10.0. The quantitative estimate of drug-likeness (QED) is 0.759. The summed E-state index contributed by atoms with van der Waals surface area (Å²) in [4.78, 5) is 0. The van der Waals surface area contributed by atoms with Crippen LogP contribution in [-0.4, -0.2) is 12.8 Å². The second kappa shape index (κ2) is 6.02. The molecule has 2 N–H and O–H groups in total. The van der Waals surface area contributed by atoms with Crippen molar-refractivity contribution >= 4 is 11.4 Å². The minimum atomic E-state index is 0.935. The van der Waals surface area contributed by atoms with Crippen LogP contribution in [0.3, 0.4) is 0 Å². The lowest BCUT2D eigenvalue weighted by atomic mass is 9.98. The molecule has 0 heterocycles. The van der Waals surface area contributed by atoms with Crippen LogP contribution in [0, 0.1) is 5.41 Å². The van der Waals surface area contributed by atoms with E-state index in [9.17, 15) is 0 Å².